The van der Waals surface area contributed by atoms with Gasteiger partial charge in [0.1, 0.15) is 0 Å². The van der Waals surface area contributed by atoms with E-state index in [4.69, 9.17) is 17.4 Å². The molecule has 1 aliphatic carbocycles. The van der Waals surface area contributed by atoms with Crippen molar-refractivity contribution < 1.29 is 4.79 Å². The predicted molar refractivity (Wildman–Crippen MR) is 111 cm³/mol. The molecule has 146 valence electrons. The van der Waals surface area contributed by atoms with Gasteiger partial charge in [0.05, 0.1) is 5.75 Å². The number of nitrogens with two attached hydrogens (primary N) is 1. The molecule has 0 unspecified atom stereocenters. The lowest BCUT2D eigenvalue weighted by atomic mass is 9.86. The number of anilines is 1. The number of nitrogens with one attached hydrogen (secondary N) is 1. The van der Waals surface area contributed by atoms with Gasteiger partial charge in [0.25, 0.3) is 0 Å². The lowest BCUT2D eigenvalue weighted by Gasteiger charge is -2.20. The van der Waals surface area contributed by atoms with E-state index < -0.39 is 0 Å². The van der Waals surface area contributed by atoms with Crippen molar-refractivity contribution in [3.63, 3.8) is 0 Å². The summed E-state index contributed by atoms with van der Waals surface area (Å²) in [5.41, 5.74) is 1.57. The average molecular weight is 408 g/mol. The molecule has 3 N–H and O–H groups in total. The monoisotopic (exact) mass is 407 g/mol. The summed E-state index contributed by atoms with van der Waals surface area (Å²) in [6, 6.07) is 5.44. The Morgan fingerprint density at radius 2 is 2.11 bits per heavy atom. The predicted octanol–water partition coefficient (Wildman–Crippen LogP) is 4.20. The number of halogens is 1. The molecule has 8 heteroatoms. The standard InChI is InChI=1S/C19H26ClN5OS/c1-13-15(20)8-5-9-16(13)22-18(26)12-27-19-24-23-17(25(19)21)11-10-14-6-3-2-4-7-14/h5,8-9,14H,2-4,6-7,10-12,21H2,1H3,(H,22,26). The molecule has 1 aromatic carbocycles. The molecule has 0 atom stereocenters. The summed E-state index contributed by atoms with van der Waals surface area (Å²) in [5.74, 6) is 7.77. The van der Waals surface area contributed by atoms with Gasteiger partial charge in [-0.3, -0.25) is 4.79 Å². The van der Waals surface area contributed by atoms with Crippen LogP contribution < -0.4 is 11.2 Å². The molecule has 27 heavy (non-hydrogen) atoms. The van der Waals surface area contributed by atoms with Crippen LogP contribution in [0.4, 0.5) is 5.69 Å². The van der Waals surface area contributed by atoms with Gasteiger partial charge in [-0.2, -0.15) is 0 Å². The van der Waals surface area contributed by atoms with Gasteiger partial charge in [-0.05, 0) is 37.0 Å². The first-order chi connectivity index (χ1) is 13.0. The number of thioether (sulfide) groups is 1. The molecule has 2 aromatic rings. The highest BCUT2D eigenvalue weighted by molar-refractivity contribution is 7.99. The van der Waals surface area contributed by atoms with Crippen LogP contribution in [0.3, 0.4) is 0 Å². The topological polar surface area (TPSA) is 85.8 Å². The molecule has 0 aliphatic heterocycles. The third-order valence-corrected chi connectivity index (χ3v) is 6.46. The number of hydrogen-bond donors (Lipinski definition) is 2. The van der Waals surface area contributed by atoms with Crippen LogP contribution in [-0.2, 0) is 11.2 Å². The molecule has 0 radical (unpaired) electrons. The van der Waals surface area contributed by atoms with Crippen LogP contribution in [0.1, 0.15) is 49.9 Å². The summed E-state index contributed by atoms with van der Waals surface area (Å²) in [4.78, 5) is 12.2. The second-order valence-corrected chi connectivity index (χ2v) is 8.41. The minimum Gasteiger partial charge on any atom is -0.336 e. The lowest BCUT2D eigenvalue weighted by molar-refractivity contribution is -0.113. The molecular weight excluding hydrogens is 382 g/mol. The number of benzene rings is 1. The van der Waals surface area contributed by atoms with Crippen molar-refractivity contribution in [2.24, 2.45) is 5.92 Å². The molecule has 0 saturated heterocycles. The molecule has 6 nitrogen and oxygen atoms in total. The number of hydrogen-bond acceptors (Lipinski definition) is 5. The SMILES string of the molecule is Cc1c(Cl)cccc1NC(=O)CSc1nnc(CCC2CCCCC2)n1N. The van der Waals surface area contributed by atoms with Crippen LogP contribution in [0.2, 0.25) is 5.02 Å². The zero-order valence-corrected chi connectivity index (χ0v) is 17.2. The Morgan fingerprint density at radius 1 is 1.33 bits per heavy atom. The number of amides is 1. The highest BCUT2D eigenvalue weighted by atomic mass is 35.5. The molecule has 3 rings (SSSR count). The largest absolute Gasteiger partial charge is 0.336 e. The number of nitrogen functional groups attached to an aromatic ring is 1. The van der Waals surface area contributed by atoms with E-state index in [9.17, 15) is 4.79 Å². The highest BCUT2D eigenvalue weighted by Crippen LogP contribution is 2.27. The number of carbonyl (C=O) groups excluding carboxylic acids is 1. The van der Waals surface area contributed by atoms with Gasteiger partial charge in [-0.25, -0.2) is 4.68 Å². The van der Waals surface area contributed by atoms with Gasteiger partial charge in [0.15, 0.2) is 5.82 Å². The van der Waals surface area contributed by atoms with E-state index >= 15 is 0 Å². The summed E-state index contributed by atoms with van der Waals surface area (Å²) in [7, 11) is 0. The summed E-state index contributed by atoms with van der Waals surface area (Å²) < 4.78 is 1.52. The molecule has 1 aliphatic rings. The smallest absolute Gasteiger partial charge is 0.234 e. The molecule has 1 saturated carbocycles. The lowest BCUT2D eigenvalue weighted by Crippen LogP contribution is -2.18. The van der Waals surface area contributed by atoms with E-state index in [0.717, 1.165) is 35.8 Å². The van der Waals surface area contributed by atoms with Gasteiger partial charge in [-0.15, -0.1) is 10.2 Å². The number of carbonyl (C=O) groups is 1. The van der Waals surface area contributed by atoms with Gasteiger partial charge in [0, 0.05) is 17.1 Å². The van der Waals surface area contributed by atoms with E-state index in [1.807, 2.05) is 19.1 Å². The zero-order valence-electron chi connectivity index (χ0n) is 15.6. The van der Waals surface area contributed by atoms with Crippen molar-refractivity contribution in [2.75, 3.05) is 16.9 Å². The Balaban J connectivity index is 1.50. The summed E-state index contributed by atoms with van der Waals surface area (Å²) >= 11 is 7.37. The number of aryl methyl sites for hydroxylation is 1. The van der Waals surface area contributed by atoms with E-state index in [0.29, 0.717) is 10.2 Å². The molecular formula is C19H26ClN5OS. The second-order valence-electron chi connectivity index (χ2n) is 7.06. The van der Waals surface area contributed by atoms with E-state index in [2.05, 4.69) is 15.5 Å². The second kappa shape index (κ2) is 9.46. The van der Waals surface area contributed by atoms with E-state index in [1.54, 1.807) is 6.07 Å². The summed E-state index contributed by atoms with van der Waals surface area (Å²) in [5, 5.41) is 12.4. The summed E-state index contributed by atoms with van der Waals surface area (Å²) in [6.07, 6.45) is 8.59. The minimum absolute atomic E-state index is 0.128. The fourth-order valence-electron chi connectivity index (χ4n) is 3.44. The Hall–Kier alpha value is -1.73. The zero-order chi connectivity index (χ0) is 19.2. The number of aromatic nitrogens is 3. The molecule has 0 bridgehead atoms. The van der Waals surface area contributed by atoms with Crippen LogP contribution in [0, 0.1) is 12.8 Å². The van der Waals surface area contributed by atoms with Crippen LogP contribution in [0.25, 0.3) is 0 Å². The number of nitrogens with zero attached hydrogens (tertiary/aromatic N) is 3. The molecule has 1 amide bonds. The van der Waals surface area contributed by atoms with Crippen LogP contribution in [0.5, 0.6) is 0 Å². The molecule has 1 aromatic heterocycles. The Bertz CT molecular complexity index is 788. The quantitative estimate of drug-likeness (QED) is 0.530. The molecule has 1 fully saturated rings. The molecule has 0 spiro atoms. The van der Waals surface area contributed by atoms with Crippen molar-refractivity contribution >= 4 is 35.0 Å². The fraction of sp³-hybridized carbons (Fsp3) is 0.526. The first kappa shape index (κ1) is 20.0. The fourth-order valence-corrected chi connectivity index (χ4v) is 4.29. The Labute approximate surface area is 169 Å². The highest BCUT2D eigenvalue weighted by Gasteiger charge is 2.17. The van der Waals surface area contributed by atoms with Crippen LogP contribution in [0.15, 0.2) is 23.4 Å². The normalized spacial score (nSPS) is 15.0. The number of rotatable bonds is 7. The third-order valence-electron chi connectivity index (χ3n) is 5.11. The van der Waals surface area contributed by atoms with Crippen molar-refractivity contribution in [1.82, 2.24) is 14.9 Å². The van der Waals surface area contributed by atoms with Crippen molar-refractivity contribution in [2.45, 2.75) is 57.0 Å². The minimum atomic E-state index is -0.128. The van der Waals surface area contributed by atoms with Crippen molar-refractivity contribution in [3.8, 4) is 0 Å². The molecule has 1 heterocycles. The summed E-state index contributed by atoms with van der Waals surface area (Å²) in [6.45, 7) is 1.88. The van der Waals surface area contributed by atoms with E-state index in [-0.39, 0.29) is 11.7 Å². The third kappa shape index (κ3) is 5.39. The van der Waals surface area contributed by atoms with E-state index in [1.165, 1.54) is 48.5 Å². The van der Waals surface area contributed by atoms with Crippen molar-refractivity contribution in [1.29, 1.82) is 0 Å². The van der Waals surface area contributed by atoms with Gasteiger partial charge in [0.2, 0.25) is 11.1 Å². The first-order valence-electron chi connectivity index (χ1n) is 9.41. The average Bonchev–Trinajstić information content (AvgIpc) is 3.03. The maximum atomic E-state index is 12.2. The van der Waals surface area contributed by atoms with Crippen LogP contribution >= 0.6 is 23.4 Å². The van der Waals surface area contributed by atoms with Gasteiger partial charge in [-0.1, -0.05) is 61.5 Å². The van der Waals surface area contributed by atoms with Gasteiger partial charge >= 0.3 is 0 Å². The maximum absolute atomic E-state index is 12.2. The van der Waals surface area contributed by atoms with Crippen LogP contribution in [-0.4, -0.2) is 26.5 Å². The van der Waals surface area contributed by atoms with Crippen molar-refractivity contribution in [3.05, 3.63) is 34.6 Å². The Morgan fingerprint density at radius 3 is 2.89 bits per heavy atom. The Kier molecular flexibility index (Phi) is 7.01. The first-order valence-corrected chi connectivity index (χ1v) is 10.8. The van der Waals surface area contributed by atoms with Gasteiger partial charge < -0.3 is 11.2 Å². The maximum Gasteiger partial charge on any atom is 0.234 e.